The normalized spacial score (nSPS) is 11.0. The largest absolute Gasteiger partial charge is 0.506 e. The molecule has 6 nitrogen and oxygen atoms in total. The van der Waals surface area contributed by atoms with Crippen LogP contribution >= 0.6 is 0 Å². The SMILES string of the molecule is CN(C)C(=O)c1cc(O)c2c(C(=O)O)c3ccccc3n2c1. The van der Waals surface area contributed by atoms with Crippen LogP contribution < -0.4 is 0 Å². The summed E-state index contributed by atoms with van der Waals surface area (Å²) in [6.45, 7) is 0. The van der Waals surface area contributed by atoms with Crippen molar-refractivity contribution < 1.29 is 19.8 Å². The van der Waals surface area contributed by atoms with Gasteiger partial charge in [-0.05, 0) is 12.1 Å². The molecule has 6 heteroatoms. The molecule has 2 heterocycles. The fourth-order valence-corrected chi connectivity index (χ4v) is 2.63. The molecule has 112 valence electrons. The monoisotopic (exact) mass is 298 g/mol. The molecule has 0 fully saturated rings. The van der Waals surface area contributed by atoms with Crippen LogP contribution in [0.1, 0.15) is 20.7 Å². The van der Waals surface area contributed by atoms with Crippen LogP contribution in [0.2, 0.25) is 0 Å². The number of hydrogen-bond acceptors (Lipinski definition) is 3. The first-order valence-corrected chi connectivity index (χ1v) is 6.62. The van der Waals surface area contributed by atoms with Gasteiger partial charge in [0.15, 0.2) is 0 Å². The lowest BCUT2D eigenvalue weighted by molar-refractivity contribution is 0.0700. The second-order valence-corrected chi connectivity index (χ2v) is 5.23. The van der Waals surface area contributed by atoms with Crippen LogP contribution in [-0.4, -0.2) is 45.5 Å². The van der Waals surface area contributed by atoms with Crippen molar-refractivity contribution in [2.24, 2.45) is 0 Å². The van der Waals surface area contributed by atoms with E-state index in [9.17, 15) is 19.8 Å². The summed E-state index contributed by atoms with van der Waals surface area (Å²) < 4.78 is 1.55. The number of amides is 1. The Bertz CT molecular complexity index is 925. The molecular formula is C16H14N2O4. The van der Waals surface area contributed by atoms with Crippen molar-refractivity contribution in [1.29, 1.82) is 0 Å². The maximum absolute atomic E-state index is 12.1. The number of carbonyl (C=O) groups is 2. The molecule has 0 spiro atoms. The molecule has 22 heavy (non-hydrogen) atoms. The molecule has 0 aliphatic rings. The molecule has 1 aromatic carbocycles. The molecule has 0 bridgehead atoms. The van der Waals surface area contributed by atoms with Crippen LogP contribution in [-0.2, 0) is 0 Å². The minimum absolute atomic E-state index is 0.0250. The van der Waals surface area contributed by atoms with Crippen molar-refractivity contribution >= 4 is 28.3 Å². The van der Waals surface area contributed by atoms with Gasteiger partial charge in [0.05, 0.1) is 16.6 Å². The van der Waals surface area contributed by atoms with Gasteiger partial charge in [-0.15, -0.1) is 0 Å². The zero-order valence-corrected chi connectivity index (χ0v) is 12.1. The first kappa shape index (κ1) is 13.9. The number of fused-ring (bicyclic) bond motifs is 3. The first-order chi connectivity index (χ1) is 10.4. The van der Waals surface area contributed by atoms with E-state index in [-0.39, 0.29) is 28.3 Å². The summed E-state index contributed by atoms with van der Waals surface area (Å²) in [5.74, 6) is -1.63. The minimum atomic E-state index is -1.12. The van der Waals surface area contributed by atoms with Crippen molar-refractivity contribution in [2.45, 2.75) is 0 Å². The number of aromatic carboxylic acids is 1. The summed E-state index contributed by atoms with van der Waals surface area (Å²) in [5, 5.41) is 20.2. The van der Waals surface area contributed by atoms with E-state index in [1.165, 1.54) is 11.0 Å². The van der Waals surface area contributed by atoms with Gasteiger partial charge >= 0.3 is 5.97 Å². The summed E-state index contributed by atoms with van der Waals surface area (Å²) in [6, 6.07) is 8.23. The number of carbonyl (C=O) groups excluding carboxylic acids is 1. The highest BCUT2D eigenvalue weighted by Crippen LogP contribution is 2.33. The van der Waals surface area contributed by atoms with Crippen molar-refractivity contribution in [2.75, 3.05) is 14.1 Å². The van der Waals surface area contributed by atoms with E-state index in [1.54, 1.807) is 49.0 Å². The number of aromatic hydroxyl groups is 1. The standard InChI is InChI=1S/C16H14N2O4/c1-17(2)15(20)9-7-12(19)14-13(16(21)22)10-5-3-4-6-11(10)18(14)8-9/h3-8,19H,1-2H3,(H,21,22). The number of aromatic nitrogens is 1. The Balaban J connectivity index is 2.47. The van der Waals surface area contributed by atoms with Crippen molar-refractivity contribution in [3.05, 3.63) is 47.7 Å². The average molecular weight is 298 g/mol. The van der Waals surface area contributed by atoms with Crippen LogP contribution in [0.5, 0.6) is 5.75 Å². The second kappa shape index (κ2) is 4.77. The van der Waals surface area contributed by atoms with Crippen molar-refractivity contribution in [3.63, 3.8) is 0 Å². The van der Waals surface area contributed by atoms with Gasteiger partial charge in [0, 0.05) is 25.7 Å². The fourth-order valence-electron chi connectivity index (χ4n) is 2.63. The number of carboxylic acid groups (broad SMARTS) is 1. The number of nitrogens with zero attached hydrogens (tertiary/aromatic N) is 2. The Kier molecular flexibility index (Phi) is 3.02. The molecule has 2 N–H and O–H groups in total. The molecule has 0 saturated carbocycles. The predicted molar refractivity (Wildman–Crippen MR) is 81.5 cm³/mol. The van der Waals surface area contributed by atoms with Gasteiger partial charge in [-0.2, -0.15) is 0 Å². The number of hydrogen-bond donors (Lipinski definition) is 2. The highest BCUT2D eigenvalue weighted by Gasteiger charge is 2.22. The van der Waals surface area contributed by atoms with Crippen LogP contribution in [0.25, 0.3) is 16.4 Å². The number of carboxylic acids is 1. The molecule has 0 unspecified atom stereocenters. The Morgan fingerprint density at radius 2 is 1.86 bits per heavy atom. The first-order valence-electron chi connectivity index (χ1n) is 6.62. The summed E-state index contributed by atoms with van der Waals surface area (Å²) in [5.41, 5.74) is 1.12. The van der Waals surface area contributed by atoms with Gasteiger partial charge in [-0.3, -0.25) is 4.79 Å². The van der Waals surface area contributed by atoms with Crippen molar-refractivity contribution in [3.8, 4) is 5.75 Å². The third-order valence-electron chi connectivity index (χ3n) is 3.58. The third kappa shape index (κ3) is 1.88. The second-order valence-electron chi connectivity index (χ2n) is 5.23. The van der Waals surface area contributed by atoms with E-state index in [2.05, 4.69) is 0 Å². The highest BCUT2D eigenvalue weighted by atomic mass is 16.4. The quantitative estimate of drug-likeness (QED) is 0.760. The summed E-state index contributed by atoms with van der Waals surface area (Å²) in [4.78, 5) is 25.1. The van der Waals surface area contributed by atoms with E-state index >= 15 is 0 Å². The lowest BCUT2D eigenvalue weighted by atomic mass is 10.1. The summed E-state index contributed by atoms with van der Waals surface area (Å²) in [7, 11) is 3.22. The minimum Gasteiger partial charge on any atom is -0.506 e. The van der Waals surface area contributed by atoms with E-state index in [0.29, 0.717) is 10.9 Å². The molecular weight excluding hydrogens is 284 g/mol. The van der Waals surface area contributed by atoms with Gasteiger partial charge in [0.1, 0.15) is 11.3 Å². The molecule has 3 aromatic rings. The average Bonchev–Trinajstić information content (AvgIpc) is 2.81. The van der Waals surface area contributed by atoms with Crippen LogP contribution in [0, 0.1) is 0 Å². The Hall–Kier alpha value is -3.02. The predicted octanol–water partition coefficient (Wildman–Crippen LogP) is 2.20. The molecule has 0 atom stereocenters. The number of rotatable bonds is 2. The van der Waals surface area contributed by atoms with Gasteiger partial charge in [0.25, 0.3) is 5.91 Å². The molecule has 2 aromatic heterocycles. The van der Waals surface area contributed by atoms with E-state index in [1.807, 2.05) is 0 Å². The smallest absolute Gasteiger partial charge is 0.338 e. The lowest BCUT2D eigenvalue weighted by Crippen LogP contribution is -2.22. The third-order valence-corrected chi connectivity index (χ3v) is 3.58. The molecule has 1 amide bonds. The van der Waals surface area contributed by atoms with Crippen LogP contribution in [0.3, 0.4) is 0 Å². The highest BCUT2D eigenvalue weighted by molar-refractivity contribution is 6.12. The van der Waals surface area contributed by atoms with E-state index < -0.39 is 5.97 Å². The molecule has 0 aliphatic carbocycles. The van der Waals surface area contributed by atoms with Gasteiger partial charge in [-0.1, -0.05) is 18.2 Å². The van der Waals surface area contributed by atoms with Gasteiger partial charge in [0.2, 0.25) is 0 Å². The number of benzene rings is 1. The number of pyridine rings is 1. The van der Waals surface area contributed by atoms with Crippen LogP contribution in [0.4, 0.5) is 0 Å². The zero-order chi connectivity index (χ0) is 16.0. The Morgan fingerprint density at radius 1 is 1.18 bits per heavy atom. The van der Waals surface area contributed by atoms with Gasteiger partial charge < -0.3 is 19.5 Å². The molecule has 0 aliphatic heterocycles. The lowest BCUT2D eigenvalue weighted by Gasteiger charge is -2.11. The maximum Gasteiger partial charge on any atom is 0.338 e. The summed E-state index contributed by atoms with van der Waals surface area (Å²) >= 11 is 0. The Morgan fingerprint density at radius 3 is 2.50 bits per heavy atom. The van der Waals surface area contributed by atoms with Crippen molar-refractivity contribution in [1.82, 2.24) is 9.30 Å². The van der Waals surface area contributed by atoms with Gasteiger partial charge in [-0.25, -0.2) is 4.79 Å². The molecule has 0 saturated heterocycles. The number of para-hydroxylation sites is 1. The van der Waals surface area contributed by atoms with E-state index in [4.69, 9.17) is 0 Å². The maximum atomic E-state index is 12.1. The summed E-state index contributed by atoms with van der Waals surface area (Å²) in [6.07, 6.45) is 1.55. The fraction of sp³-hybridized carbons (Fsp3) is 0.125. The van der Waals surface area contributed by atoms with Crippen LogP contribution in [0.15, 0.2) is 36.5 Å². The topological polar surface area (TPSA) is 82.2 Å². The molecule has 0 radical (unpaired) electrons. The van der Waals surface area contributed by atoms with E-state index in [0.717, 1.165) is 0 Å². The zero-order valence-electron chi connectivity index (χ0n) is 12.1. The Labute approximate surface area is 125 Å². The molecule has 3 rings (SSSR count).